The van der Waals surface area contributed by atoms with E-state index >= 15 is 0 Å². The van der Waals surface area contributed by atoms with E-state index in [1.807, 2.05) is 0 Å². The van der Waals surface area contributed by atoms with E-state index < -0.39 is 17.5 Å². The lowest BCUT2D eigenvalue weighted by atomic mass is 10.1. The standard InChI is InChI=1S/C20H13ClF3N5OS/c1-10-2-3-12(7-15(10)20(22,23)24)31-29-16-6-11(21)8-26-17(16)18(30)13-4-5-25-19-14(13)9-27-28-19/h2-9,29H,1H3,(H,25,27,28). The summed E-state index contributed by atoms with van der Waals surface area (Å²) >= 11 is 6.96. The minimum absolute atomic E-state index is 0.0637. The molecule has 0 amide bonds. The molecule has 4 rings (SSSR count). The van der Waals surface area contributed by atoms with Gasteiger partial charge in [0.05, 0.1) is 22.5 Å². The Bertz CT molecular complexity index is 1290. The van der Waals surface area contributed by atoms with Crippen molar-refractivity contribution in [2.24, 2.45) is 0 Å². The van der Waals surface area contributed by atoms with Crippen LogP contribution in [0, 0.1) is 6.92 Å². The molecule has 4 aromatic rings. The van der Waals surface area contributed by atoms with E-state index in [1.54, 1.807) is 12.1 Å². The molecule has 6 nitrogen and oxygen atoms in total. The van der Waals surface area contributed by atoms with Crippen LogP contribution in [0.4, 0.5) is 18.9 Å². The number of halogens is 4. The van der Waals surface area contributed by atoms with Crippen molar-refractivity contribution in [1.29, 1.82) is 0 Å². The maximum Gasteiger partial charge on any atom is 0.416 e. The molecular weight excluding hydrogens is 451 g/mol. The first kappa shape index (κ1) is 21.1. The van der Waals surface area contributed by atoms with Gasteiger partial charge in [0.25, 0.3) is 0 Å². The zero-order chi connectivity index (χ0) is 22.2. The molecule has 3 heterocycles. The lowest BCUT2D eigenvalue weighted by Crippen LogP contribution is -2.09. The number of benzene rings is 1. The molecule has 0 radical (unpaired) electrons. The molecule has 0 spiro atoms. The van der Waals surface area contributed by atoms with Gasteiger partial charge in [-0.1, -0.05) is 17.7 Å². The molecule has 0 unspecified atom stereocenters. The number of anilines is 1. The average Bonchev–Trinajstić information content (AvgIpc) is 3.21. The van der Waals surface area contributed by atoms with Crippen LogP contribution in [-0.4, -0.2) is 25.9 Å². The fraction of sp³-hybridized carbons (Fsp3) is 0.100. The number of H-pyrrole nitrogens is 1. The van der Waals surface area contributed by atoms with Crippen LogP contribution in [0.5, 0.6) is 0 Å². The van der Waals surface area contributed by atoms with Crippen molar-refractivity contribution in [1.82, 2.24) is 20.2 Å². The van der Waals surface area contributed by atoms with Crippen molar-refractivity contribution in [3.05, 3.63) is 76.3 Å². The summed E-state index contributed by atoms with van der Waals surface area (Å²) in [5.41, 5.74) is 0.510. The number of hydrogen-bond donors (Lipinski definition) is 2. The Kier molecular flexibility index (Phi) is 5.59. The fourth-order valence-corrected chi connectivity index (χ4v) is 3.81. The second-order valence-electron chi connectivity index (χ2n) is 6.55. The van der Waals surface area contributed by atoms with Crippen molar-refractivity contribution in [2.75, 3.05) is 4.72 Å². The van der Waals surface area contributed by atoms with Crippen LogP contribution in [0.3, 0.4) is 0 Å². The minimum Gasteiger partial charge on any atom is -0.324 e. The van der Waals surface area contributed by atoms with E-state index in [2.05, 4.69) is 24.9 Å². The predicted octanol–water partition coefficient (Wildman–Crippen LogP) is 5.68. The Morgan fingerprint density at radius 1 is 1.16 bits per heavy atom. The highest BCUT2D eigenvalue weighted by Crippen LogP contribution is 2.35. The first-order valence-corrected chi connectivity index (χ1v) is 10.0. The number of carbonyl (C=O) groups excluding carboxylic acids is 1. The SMILES string of the molecule is Cc1ccc(SNc2cc(Cl)cnc2C(=O)c2ccnc3[nH]ncc23)cc1C(F)(F)F. The number of pyridine rings is 2. The van der Waals surface area contributed by atoms with Crippen LogP contribution in [0.15, 0.2) is 53.8 Å². The molecule has 158 valence electrons. The van der Waals surface area contributed by atoms with Crippen molar-refractivity contribution in [3.63, 3.8) is 0 Å². The molecule has 0 aliphatic heterocycles. The maximum absolute atomic E-state index is 13.2. The Balaban J connectivity index is 1.66. The molecule has 0 fully saturated rings. The van der Waals surface area contributed by atoms with Crippen LogP contribution >= 0.6 is 23.5 Å². The molecule has 0 bridgehead atoms. The Hall–Kier alpha value is -3.11. The quantitative estimate of drug-likeness (QED) is 0.292. The number of carbonyl (C=O) groups is 1. The molecule has 0 saturated carbocycles. The lowest BCUT2D eigenvalue weighted by Gasteiger charge is -2.14. The Morgan fingerprint density at radius 2 is 1.97 bits per heavy atom. The van der Waals surface area contributed by atoms with E-state index in [0.29, 0.717) is 21.5 Å². The van der Waals surface area contributed by atoms with Gasteiger partial charge in [-0.3, -0.25) is 9.89 Å². The van der Waals surface area contributed by atoms with Crippen molar-refractivity contribution in [2.45, 2.75) is 18.0 Å². The number of alkyl halides is 3. The highest BCUT2D eigenvalue weighted by atomic mass is 35.5. The number of aromatic nitrogens is 4. The van der Waals surface area contributed by atoms with Gasteiger partial charge in [-0.05, 0) is 48.7 Å². The zero-order valence-electron chi connectivity index (χ0n) is 15.8. The number of fused-ring (bicyclic) bond motifs is 1. The smallest absolute Gasteiger partial charge is 0.324 e. The molecule has 0 saturated heterocycles. The van der Waals surface area contributed by atoms with Crippen LogP contribution in [0.1, 0.15) is 27.2 Å². The number of nitrogens with zero attached hydrogens (tertiary/aromatic N) is 3. The summed E-state index contributed by atoms with van der Waals surface area (Å²) in [5, 5.41) is 7.38. The zero-order valence-corrected chi connectivity index (χ0v) is 17.4. The molecule has 0 aliphatic rings. The summed E-state index contributed by atoms with van der Waals surface area (Å²) in [6.45, 7) is 1.40. The van der Waals surface area contributed by atoms with Crippen LogP contribution in [-0.2, 0) is 6.18 Å². The lowest BCUT2D eigenvalue weighted by molar-refractivity contribution is -0.138. The summed E-state index contributed by atoms with van der Waals surface area (Å²) in [6, 6.07) is 7.02. The van der Waals surface area contributed by atoms with E-state index in [0.717, 1.165) is 18.0 Å². The number of hydrogen-bond acceptors (Lipinski definition) is 6. The Labute approximate surface area is 183 Å². The minimum atomic E-state index is -4.46. The first-order valence-electron chi connectivity index (χ1n) is 8.83. The van der Waals surface area contributed by atoms with Gasteiger partial charge in [0.2, 0.25) is 5.78 Å². The van der Waals surface area contributed by atoms with E-state index in [9.17, 15) is 18.0 Å². The maximum atomic E-state index is 13.2. The molecule has 3 aromatic heterocycles. The third-order valence-electron chi connectivity index (χ3n) is 4.46. The molecule has 31 heavy (non-hydrogen) atoms. The summed E-state index contributed by atoms with van der Waals surface area (Å²) in [5.74, 6) is -0.409. The molecule has 2 N–H and O–H groups in total. The van der Waals surface area contributed by atoms with Crippen LogP contribution in [0.25, 0.3) is 11.0 Å². The molecule has 1 aromatic carbocycles. The number of ketones is 1. The third-order valence-corrected chi connectivity index (χ3v) is 5.48. The monoisotopic (exact) mass is 463 g/mol. The predicted molar refractivity (Wildman–Crippen MR) is 112 cm³/mol. The summed E-state index contributed by atoms with van der Waals surface area (Å²) in [6.07, 6.45) is -0.183. The number of aromatic amines is 1. The van der Waals surface area contributed by atoms with Gasteiger partial charge in [-0.15, -0.1) is 0 Å². The van der Waals surface area contributed by atoms with Gasteiger partial charge in [0.15, 0.2) is 5.65 Å². The fourth-order valence-electron chi connectivity index (χ4n) is 2.96. The van der Waals surface area contributed by atoms with E-state index in [-0.39, 0.29) is 22.0 Å². The normalized spacial score (nSPS) is 11.6. The molecule has 11 heteroatoms. The Morgan fingerprint density at radius 3 is 2.74 bits per heavy atom. The number of nitrogens with one attached hydrogen (secondary N) is 2. The van der Waals surface area contributed by atoms with Gasteiger partial charge in [-0.25, -0.2) is 9.97 Å². The van der Waals surface area contributed by atoms with Gasteiger partial charge in [-0.2, -0.15) is 18.3 Å². The summed E-state index contributed by atoms with van der Waals surface area (Å²) in [7, 11) is 0. The van der Waals surface area contributed by atoms with E-state index in [4.69, 9.17) is 11.6 Å². The average molecular weight is 464 g/mol. The highest BCUT2D eigenvalue weighted by Gasteiger charge is 2.32. The summed E-state index contributed by atoms with van der Waals surface area (Å²) < 4.78 is 42.5. The van der Waals surface area contributed by atoms with Crippen molar-refractivity contribution < 1.29 is 18.0 Å². The first-order chi connectivity index (χ1) is 14.7. The van der Waals surface area contributed by atoms with E-state index in [1.165, 1.54) is 37.6 Å². The van der Waals surface area contributed by atoms with Gasteiger partial charge in [0.1, 0.15) is 5.69 Å². The molecular formula is C20H13ClF3N5OS. The second-order valence-corrected chi connectivity index (χ2v) is 7.86. The number of aryl methyl sites for hydroxylation is 1. The highest BCUT2D eigenvalue weighted by molar-refractivity contribution is 8.00. The molecule has 0 atom stereocenters. The molecule has 0 aliphatic carbocycles. The van der Waals surface area contributed by atoms with Crippen LogP contribution < -0.4 is 4.72 Å². The third kappa shape index (κ3) is 4.35. The van der Waals surface area contributed by atoms with Gasteiger partial charge < -0.3 is 4.72 Å². The number of rotatable bonds is 5. The van der Waals surface area contributed by atoms with Crippen molar-refractivity contribution >= 4 is 46.1 Å². The van der Waals surface area contributed by atoms with Crippen LogP contribution in [0.2, 0.25) is 5.02 Å². The topological polar surface area (TPSA) is 83.6 Å². The van der Waals surface area contributed by atoms with Crippen molar-refractivity contribution in [3.8, 4) is 0 Å². The summed E-state index contributed by atoms with van der Waals surface area (Å²) in [4.78, 5) is 21.7. The van der Waals surface area contributed by atoms with Gasteiger partial charge in [0, 0.05) is 28.2 Å². The second kappa shape index (κ2) is 8.20. The largest absolute Gasteiger partial charge is 0.416 e. The van der Waals surface area contributed by atoms with Gasteiger partial charge >= 0.3 is 6.18 Å².